The molecule has 9 heavy (non-hydrogen) atoms. The molecule has 1 radical (unpaired) electrons. The molecule has 0 fully saturated rings. The Balaban J connectivity index is 3.82. The maximum atomic E-state index is 10.0. The zero-order valence-corrected chi connectivity index (χ0v) is 5.51. The Kier molecular flexibility index (Phi) is 4.25. The Morgan fingerprint density at radius 3 is 2.22 bits per heavy atom. The highest BCUT2D eigenvalue weighted by Gasteiger charge is 2.08. The van der Waals surface area contributed by atoms with Crippen LogP contribution in [0.2, 0.25) is 0 Å². The number of hydrogen-bond acceptors (Lipinski definition) is 4. The van der Waals surface area contributed by atoms with E-state index in [4.69, 9.17) is 5.11 Å². The molecule has 0 bridgehead atoms. The van der Waals surface area contributed by atoms with Gasteiger partial charge in [-0.05, 0) is 0 Å². The van der Waals surface area contributed by atoms with E-state index in [1.807, 2.05) is 0 Å². The van der Waals surface area contributed by atoms with E-state index in [1.54, 1.807) is 0 Å². The van der Waals surface area contributed by atoms with Gasteiger partial charge in [-0.1, -0.05) is 0 Å². The molecule has 1 atom stereocenters. The molecular weight excluding hydrogens is 144 g/mol. The second kappa shape index (κ2) is 4.46. The van der Waals surface area contributed by atoms with Crippen LogP contribution in [0.15, 0.2) is 0 Å². The SMILES string of the molecule is O=[C]CC(CO)[SH](=O)=O. The van der Waals surface area contributed by atoms with Crippen molar-refractivity contribution in [2.45, 2.75) is 11.7 Å². The van der Waals surface area contributed by atoms with Gasteiger partial charge in [0, 0.05) is 6.42 Å². The largest absolute Gasteiger partial charge is 0.395 e. The summed E-state index contributed by atoms with van der Waals surface area (Å²) in [6, 6.07) is 0. The molecule has 4 nitrogen and oxygen atoms in total. The van der Waals surface area contributed by atoms with Crippen LogP contribution in [0.1, 0.15) is 6.42 Å². The lowest BCUT2D eigenvalue weighted by atomic mass is 10.3. The molecule has 53 valence electrons. The van der Waals surface area contributed by atoms with Crippen LogP contribution in [0, 0.1) is 0 Å². The highest BCUT2D eigenvalue weighted by Crippen LogP contribution is 1.90. The first-order valence-corrected chi connectivity index (χ1v) is 3.56. The van der Waals surface area contributed by atoms with Gasteiger partial charge in [0.05, 0.1) is 11.9 Å². The van der Waals surface area contributed by atoms with Crippen LogP contribution in [0.25, 0.3) is 0 Å². The molecule has 0 saturated carbocycles. The van der Waals surface area contributed by atoms with Gasteiger partial charge >= 0.3 is 0 Å². The first-order valence-electron chi connectivity index (χ1n) is 2.31. The normalized spacial score (nSPS) is 13.6. The van der Waals surface area contributed by atoms with E-state index < -0.39 is 22.6 Å². The van der Waals surface area contributed by atoms with Crippen molar-refractivity contribution < 1.29 is 18.3 Å². The fourth-order valence-corrected chi connectivity index (χ4v) is 0.659. The topological polar surface area (TPSA) is 71.4 Å². The molecule has 0 amide bonds. The van der Waals surface area contributed by atoms with Crippen LogP contribution in [0.4, 0.5) is 0 Å². The van der Waals surface area contributed by atoms with Gasteiger partial charge in [0.2, 0.25) is 0 Å². The number of aliphatic hydroxyl groups excluding tert-OH is 1. The van der Waals surface area contributed by atoms with E-state index >= 15 is 0 Å². The van der Waals surface area contributed by atoms with Gasteiger partial charge in [-0.2, -0.15) is 0 Å². The monoisotopic (exact) mass is 151 g/mol. The molecule has 0 saturated heterocycles. The minimum absolute atomic E-state index is 0.241. The molecule has 0 aromatic carbocycles. The Labute approximate surface area is 54.4 Å². The van der Waals surface area contributed by atoms with Crippen LogP contribution in [0.3, 0.4) is 0 Å². The third-order valence-corrected chi connectivity index (χ3v) is 1.77. The summed E-state index contributed by atoms with van der Waals surface area (Å²) < 4.78 is 20.0. The lowest BCUT2D eigenvalue weighted by Gasteiger charge is -1.96. The number of aliphatic hydroxyl groups is 1. The summed E-state index contributed by atoms with van der Waals surface area (Å²) in [5, 5.41) is 7.32. The molecule has 5 heteroatoms. The average Bonchev–Trinajstić information content (AvgIpc) is 1.82. The summed E-state index contributed by atoms with van der Waals surface area (Å²) in [4.78, 5) is 9.58. The Hall–Kier alpha value is -0.420. The van der Waals surface area contributed by atoms with Gasteiger partial charge < -0.3 is 5.11 Å². The minimum atomic E-state index is -2.68. The van der Waals surface area contributed by atoms with E-state index in [2.05, 4.69) is 0 Å². The third kappa shape index (κ3) is 3.21. The molecule has 0 aliphatic rings. The number of hydrogen-bond donors (Lipinski definition) is 2. The average molecular weight is 151 g/mol. The molecule has 0 aromatic heterocycles. The second-order valence-corrected chi connectivity index (χ2v) is 2.77. The van der Waals surface area contributed by atoms with E-state index in [9.17, 15) is 13.2 Å². The van der Waals surface area contributed by atoms with Gasteiger partial charge in [0.25, 0.3) is 0 Å². The third-order valence-electron chi connectivity index (χ3n) is 0.828. The lowest BCUT2D eigenvalue weighted by molar-refractivity contribution is 0.292. The molecule has 0 heterocycles. The highest BCUT2D eigenvalue weighted by molar-refractivity contribution is 7.73. The van der Waals surface area contributed by atoms with Crippen molar-refractivity contribution in [2.24, 2.45) is 0 Å². The quantitative estimate of drug-likeness (QED) is 0.477. The van der Waals surface area contributed by atoms with E-state index in [1.165, 1.54) is 6.29 Å². The molecule has 0 spiro atoms. The first-order chi connectivity index (χ1) is 4.22. The van der Waals surface area contributed by atoms with Crippen LogP contribution in [-0.2, 0) is 15.5 Å². The Morgan fingerprint density at radius 1 is 1.56 bits per heavy atom. The van der Waals surface area contributed by atoms with Gasteiger partial charge in [-0.15, -0.1) is 0 Å². The van der Waals surface area contributed by atoms with Crippen molar-refractivity contribution in [2.75, 3.05) is 6.61 Å². The van der Waals surface area contributed by atoms with Crippen LogP contribution < -0.4 is 0 Å². The summed E-state index contributed by atoms with van der Waals surface area (Å²) in [5.74, 6) is 0. The van der Waals surface area contributed by atoms with Gasteiger partial charge in [0.15, 0.2) is 6.29 Å². The Bertz CT molecular complexity index is 143. The maximum Gasteiger partial charge on any atom is 0.199 e. The predicted octanol–water partition coefficient (Wildman–Crippen LogP) is -1.54. The zero-order valence-electron chi connectivity index (χ0n) is 4.61. The van der Waals surface area contributed by atoms with Gasteiger partial charge in [0.1, 0.15) is 10.7 Å². The molecule has 0 aliphatic heterocycles. The van der Waals surface area contributed by atoms with Crippen LogP contribution >= 0.6 is 0 Å². The minimum Gasteiger partial charge on any atom is -0.395 e. The molecule has 1 unspecified atom stereocenters. The maximum absolute atomic E-state index is 10.0. The number of carbonyl (C=O) groups excluding carboxylic acids is 1. The van der Waals surface area contributed by atoms with E-state index in [0.29, 0.717) is 0 Å². The van der Waals surface area contributed by atoms with Crippen molar-refractivity contribution in [3.8, 4) is 0 Å². The molecule has 0 aliphatic carbocycles. The molecule has 0 rings (SSSR count). The van der Waals surface area contributed by atoms with E-state index in [0.717, 1.165) is 0 Å². The van der Waals surface area contributed by atoms with Crippen molar-refractivity contribution >= 4 is 17.0 Å². The van der Waals surface area contributed by atoms with Crippen molar-refractivity contribution in [1.82, 2.24) is 0 Å². The molecular formula is C4H7O4S. The van der Waals surface area contributed by atoms with Crippen LogP contribution in [0.5, 0.6) is 0 Å². The Morgan fingerprint density at radius 2 is 2.11 bits per heavy atom. The molecule has 1 N–H and O–H groups in total. The first kappa shape index (κ1) is 8.58. The van der Waals surface area contributed by atoms with Crippen molar-refractivity contribution in [3.05, 3.63) is 0 Å². The zero-order chi connectivity index (χ0) is 7.28. The van der Waals surface area contributed by atoms with E-state index in [-0.39, 0.29) is 6.42 Å². The summed E-state index contributed by atoms with van der Waals surface area (Å²) in [6.07, 6.45) is 1.17. The number of rotatable bonds is 4. The summed E-state index contributed by atoms with van der Waals surface area (Å²) >= 11 is 0. The fraction of sp³-hybridized carbons (Fsp3) is 0.750. The summed E-state index contributed by atoms with van der Waals surface area (Å²) in [6.45, 7) is -0.506. The highest BCUT2D eigenvalue weighted by atomic mass is 32.2. The summed E-state index contributed by atoms with van der Waals surface area (Å²) in [5.41, 5.74) is 0. The van der Waals surface area contributed by atoms with Crippen LogP contribution in [-0.4, -0.2) is 31.7 Å². The lowest BCUT2D eigenvalue weighted by Crippen LogP contribution is -2.14. The molecule has 0 aromatic rings. The van der Waals surface area contributed by atoms with Crippen molar-refractivity contribution in [3.63, 3.8) is 0 Å². The van der Waals surface area contributed by atoms with Gasteiger partial charge in [-0.25, -0.2) is 8.42 Å². The summed E-state index contributed by atoms with van der Waals surface area (Å²) in [7, 11) is -2.68. The predicted molar refractivity (Wildman–Crippen MR) is 31.5 cm³/mol. The smallest absolute Gasteiger partial charge is 0.199 e. The van der Waals surface area contributed by atoms with Gasteiger partial charge in [-0.3, -0.25) is 4.79 Å². The standard InChI is InChI=1S/C4H7O4S/c5-2-1-4(3-6)9(7)8/h4,6,9H,1,3H2. The second-order valence-electron chi connectivity index (χ2n) is 1.47. The fourth-order valence-electron chi connectivity index (χ4n) is 0.302. The number of thiol groups is 1. The van der Waals surface area contributed by atoms with Crippen molar-refractivity contribution in [1.29, 1.82) is 0 Å².